The Labute approximate surface area is 106 Å². The van der Waals surface area contributed by atoms with E-state index in [0.717, 1.165) is 11.3 Å². The van der Waals surface area contributed by atoms with Gasteiger partial charge in [0.2, 0.25) is 0 Å². The minimum Gasteiger partial charge on any atom is -0.369 e. The topological polar surface area (TPSA) is 29.5 Å². The van der Waals surface area contributed by atoms with Crippen LogP contribution in [0.3, 0.4) is 0 Å². The van der Waals surface area contributed by atoms with Crippen molar-refractivity contribution in [2.24, 2.45) is 5.92 Å². The summed E-state index contributed by atoms with van der Waals surface area (Å²) in [6.07, 6.45) is -4.42. The predicted molar refractivity (Wildman–Crippen MR) is 63.2 cm³/mol. The number of carbonyl (C=O) groups is 1. The van der Waals surface area contributed by atoms with Crippen LogP contribution in [0.15, 0.2) is 0 Å². The number of halogens is 3. The van der Waals surface area contributed by atoms with Crippen molar-refractivity contribution in [2.45, 2.75) is 46.4 Å². The van der Waals surface area contributed by atoms with Gasteiger partial charge in [-0.2, -0.15) is 13.2 Å². The number of likely N-dealkylation sites (N-methyl/N-ethyl adjacent to an activating group) is 1. The quantitative estimate of drug-likeness (QED) is 0.711. The van der Waals surface area contributed by atoms with E-state index in [1.807, 2.05) is 13.8 Å². The molecule has 0 radical (unpaired) electrons. The molecule has 1 unspecified atom stereocenters. The number of alkyl halides is 3. The van der Waals surface area contributed by atoms with Gasteiger partial charge in [-0.05, 0) is 26.2 Å². The number of carbonyl (C=O) groups excluding carboxylic acids is 1. The third-order valence-electron chi connectivity index (χ3n) is 2.47. The Kier molecular flexibility index (Phi) is 7.28. The molecule has 0 aliphatic heterocycles. The Morgan fingerprint density at radius 2 is 1.83 bits per heavy atom. The summed E-state index contributed by atoms with van der Waals surface area (Å²) in [5, 5.41) is 0. The van der Waals surface area contributed by atoms with Crippen LogP contribution in [-0.4, -0.2) is 42.8 Å². The number of nitrogens with zero attached hydrogens (tertiary/aromatic N) is 1. The van der Waals surface area contributed by atoms with Gasteiger partial charge in [0.15, 0.2) is 0 Å². The van der Waals surface area contributed by atoms with E-state index < -0.39 is 24.7 Å². The van der Waals surface area contributed by atoms with E-state index in [9.17, 15) is 18.0 Å². The largest absolute Gasteiger partial charge is 0.406 e. The highest BCUT2D eigenvalue weighted by Crippen LogP contribution is 2.17. The summed E-state index contributed by atoms with van der Waals surface area (Å²) in [6, 6.07) is 0. The van der Waals surface area contributed by atoms with Crippen molar-refractivity contribution >= 4 is 5.91 Å². The molecule has 0 heterocycles. The average Bonchev–Trinajstić information content (AvgIpc) is 2.23. The summed E-state index contributed by atoms with van der Waals surface area (Å²) in [4.78, 5) is 12.5. The van der Waals surface area contributed by atoms with Crippen LogP contribution < -0.4 is 0 Å². The maximum atomic E-state index is 12.2. The second kappa shape index (κ2) is 7.61. The lowest BCUT2D eigenvalue weighted by molar-refractivity contribution is -0.167. The van der Waals surface area contributed by atoms with Gasteiger partial charge in [0.25, 0.3) is 5.91 Å². The van der Waals surface area contributed by atoms with Crippen LogP contribution in [0.1, 0.15) is 34.1 Å². The Balaban J connectivity index is 4.23. The molecular weight excluding hydrogens is 247 g/mol. The van der Waals surface area contributed by atoms with Gasteiger partial charge in [0, 0.05) is 13.2 Å². The van der Waals surface area contributed by atoms with E-state index in [0.29, 0.717) is 12.5 Å². The van der Waals surface area contributed by atoms with Crippen molar-refractivity contribution in [3.8, 4) is 0 Å². The summed E-state index contributed by atoms with van der Waals surface area (Å²) in [7, 11) is 0. The zero-order valence-electron chi connectivity index (χ0n) is 11.4. The van der Waals surface area contributed by atoms with Crippen LogP contribution in [0.4, 0.5) is 13.2 Å². The van der Waals surface area contributed by atoms with E-state index in [1.165, 1.54) is 13.8 Å². The summed E-state index contributed by atoms with van der Waals surface area (Å²) in [5.74, 6) is -0.177. The predicted octanol–water partition coefficient (Wildman–Crippen LogP) is 2.85. The molecular formula is C12H22F3NO2. The SMILES string of the molecule is CCN(CC(F)(F)F)C(=O)C(C)OCCC(C)C. The van der Waals surface area contributed by atoms with Gasteiger partial charge in [0.1, 0.15) is 12.6 Å². The molecule has 0 rings (SSSR count). The van der Waals surface area contributed by atoms with Crippen LogP contribution in [0.2, 0.25) is 0 Å². The summed E-state index contributed by atoms with van der Waals surface area (Å²) < 4.78 is 42.0. The molecule has 18 heavy (non-hydrogen) atoms. The van der Waals surface area contributed by atoms with Gasteiger partial charge in [-0.3, -0.25) is 4.79 Å². The highest BCUT2D eigenvalue weighted by Gasteiger charge is 2.33. The van der Waals surface area contributed by atoms with Crippen LogP contribution >= 0.6 is 0 Å². The van der Waals surface area contributed by atoms with Gasteiger partial charge >= 0.3 is 6.18 Å². The molecule has 0 fully saturated rings. The summed E-state index contributed by atoms with van der Waals surface area (Å²) in [6.45, 7) is 6.21. The molecule has 0 N–H and O–H groups in total. The third kappa shape index (κ3) is 7.53. The molecule has 0 aliphatic carbocycles. The molecule has 6 heteroatoms. The van der Waals surface area contributed by atoms with Gasteiger partial charge in [-0.1, -0.05) is 13.8 Å². The van der Waals surface area contributed by atoms with Gasteiger partial charge < -0.3 is 9.64 Å². The fraction of sp³-hybridized carbons (Fsp3) is 0.917. The molecule has 0 aromatic rings. The van der Waals surface area contributed by atoms with E-state index >= 15 is 0 Å². The first-order valence-corrected chi connectivity index (χ1v) is 6.14. The van der Waals surface area contributed by atoms with E-state index in [2.05, 4.69) is 0 Å². The molecule has 0 saturated carbocycles. The van der Waals surface area contributed by atoms with E-state index in [4.69, 9.17) is 4.74 Å². The Hall–Kier alpha value is -0.780. The van der Waals surface area contributed by atoms with Crippen molar-refractivity contribution in [3.05, 3.63) is 0 Å². The van der Waals surface area contributed by atoms with Crippen LogP contribution in [0.5, 0.6) is 0 Å². The molecule has 0 aromatic heterocycles. The normalized spacial score (nSPS) is 13.8. The first-order valence-electron chi connectivity index (χ1n) is 6.14. The van der Waals surface area contributed by atoms with Gasteiger partial charge in [-0.25, -0.2) is 0 Å². The zero-order chi connectivity index (χ0) is 14.3. The third-order valence-corrected chi connectivity index (χ3v) is 2.47. The minimum atomic E-state index is -4.37. The van der Waals surface area contributed by atoms with Gasteiger partial charge in [-0.15, -0.1) is 0 Å². The summed E-state index contributed by atoms with van der Waals surface area (Å²) >= 11 is 0. The van der Waals surface area contributed by atoms with Crippen LogP contribution in [0, 0.1) is 5.92 Å². The number of rotatable bonds is 7. The number of hydrogen-bond acceptors (Lipinski definition) is 2. The standard InChI is InChI=1S/C12H22F3NO2/c1-5-16(8-12(13,14)15)11(17)10(4)18-7-6-9(2)3/h9-10H,5-8H2,1-4H3. The Bertz CT molecular complexity index is 254. The highest BCUT2D eigenvalue weighted by molar-refractivity contribution is 5.80. The first-order chi connectivity index (χ1) is 8.17. The monoisotopic (exact) mass is 269 g/mol. The molecule has 1 atom stereocenters. The molecule has 3 nitrogen and oxygen atoms in total. The fourth-order valence-electron chi connectivity index (χ4n) is 1.37. The summed E-state index contributed by atoms with van der Waals surface area (Å²) in [5.41, 5.74) is 0. The zero-order valence-corrected chi connectivity index (χ0v) is 11.4. The molecule has 0 aromatic carbocycles. The molecule has 1 amide bonds. The minimum absolute atomic E-state index is 0.0240. The maximum absolute atomic E-state index is 12.2. The lowest BCUT2D eigenvalue weighted by Gasteiger charge is -2.25. The second-order valence-corrected chi connectivity index (χ2v) is 4.66. The molecule has 0 saturated heterocycles. The molecule has 0 bridgehead atoms. The Morgan fingerprint density at radius 3 is 2.22 bits per heavy atom. The molecule has 108 valence electrons. The highest BCUT2D eigenvalue weighted by atomic mass is 19.4. The van der Waals surface area contributed by atoms with E-state index in [1.54, 1.807) is 0 Å². The fourth-order valence-corrected chi connectivity index (χ4v) is 1.37. The van der Waals surface area contributed by atoms with Crippen molar-refractivity contribution < 1.29 is 22.7 Å². The van der Waals surface area contributed by atoms with Crippen molar-refractivity contribution in [1.82, 2.24) is 4.90 Å². The van der Waals surface area contributed by atoms with Crippen LogP contribution in [0.25, 0.3) is 0 Å². The van der Waals surface area contributed by atoms with E-state index in [-0.39, 0.29) is 6.54 Å². The van der Waals surface area contributed by atoms with Gasteiger partial charge in [0.05, 0.1) is 0 Å². The number of amides is 1. The number of hydrogen-bond donors (Lipinski definition) is 0. The smallest absolute Gasteiger partial charge is 0.369 e. The van der Waals surface area contributed by atoms with Crippen molar-refractivity contribution in [2.75, 3.05) is 19.7 Å². The maximum Gasteiger partial charge on any atom is 0.406 e. The average molecular weight is 269 g/mol. The van der Waals surface area contributed by atoms with Crippen molar-refractivity contribution in [1.29, 1.82) is 0 Å². The lowest BCUT2D eigenvalue weighted by atomic mass is 10.1. The van der Waals surface area contributed by atoms with Crippen molar-refractivity contribution in [3.63, 3.8) is 0 Å². The molecule has 0 spiro atoms. The second-order valence-electron chi connectivity index (χ2n) is 4.66. The lowest BCUT2D eigenvalue weighted by Crippen LogP contribution is -2.44. The molecule has 0 aliphatic rings. The first kappa shape index (κ1) is 17.2. The number of ether oxygens (including phenoxy) is 1. The van der Waals surface area contributed by atoms with Crippen LogP contribution in [-0.2, 0) is 9.53 Å². The Morgan fingerprint density at radius 1 is 1.28 bits per heavy atom.